The van der Waals surface area contributed by atoms with Crippen molar-refractivity contribution in [3.63, 3.8) is 0 Å². The van der Waals surface area contributed by atoms with Crippen LogP contribution in [0.1, 0.15) is 11.1 Å². The monoisotopic (exact) mass is 406 g/mol. The molecule has 0 atom stereocenters. The van der Waals surface area contributed by atoms with Crippen LogP contribution in [-0.2, 0) is 12.8 Å². The molecular formula is C24H17F3N2O. The molecule has 0 aliphatic heterocycles. The number of benzene rings is 2. The van der Waals surface area contributed by atoms with Crippen LogP contribution in [0.4, 0.5) is 13.2 Å². The molecule has 0 bridgehead atoms. The van der Waals surface area contributed by atoms with Gasteiger partial charge in [-0.05, 0) is 53.1 Å². The number of rotatable bonds is 5. The minimum atomic E-state index is -4.33. The highest BCUT2D eigenvalue weighted by Gasteiger charge is 2.29. The highest BCUT2D eigenvalue weighted by Crippen LogP contribution is 2.31. The van der Waals surface area contributed by atoms with Gasteiger partial charge in [0.2, 0.25) is 5.88 Å². The van der Waals surface area contributed by atoms with Gasteiger partial charge in [-0.1, -0.05) is 42.5 Å². The summed E-state index contributed by atoms with van der Waals surface area (Å²) in [5.41, 5.74) is 3.40. The van der Waals surface area contributed by atoms with Gasteiger partial charge in [0.05, 0.1) is 16.8 Å². The molecule has 0 saturated carbocycles. The fraction of sp³-hybridized carbons (Fsp3) is 0.0833. The van der Waals surface area contributed by atoms with E-state index in [9.17, 15) is 13.2 Å². The van der Waals surface area contributed by atoms with E-state index < -0.39 is 11.7 Å². The van der Waals surface area contributed by atoms with Gasteiger partial charge in [0.25, 0.3) is 0 Å². The summed E-state index contributed by atoms with van der Waals surface area (Å²) < 4.78 is 44.0. The molecule has 0 saturated heterocycles. The van der Waals surface area contributed by atoms with E-state index in [-0.39, 0.29) is 0 Å². The van der Waals surface area contributed by atoms with Crippen LogP contribution in [-0.4, -0.2) is 9.97 Å². The highest BCUT2D eigenvalue weighted by atomic mass is 19.4. The second-order valence-electron chi connectivity index (χ2n) is 6.63. The van der Waals surface area contributed by atoms with Gasteiger partial charge in [-0.25, -0.2) is 4.98 Å². The lowest BCUT2D eigenvalue weighted by atomic mass is 10.0. The normalized spacial score (nSPS) is 11.3. The van der Waals surface area contributed by atoms with E-state index in [2.05, 4.69) is 9.97 Å². The maximum atomic E-state index is 12.7. The molecule has 0 aliphatic rings. The quantitative estimate of drug-likeness (QED) is 0.384. The zero-order valence-corrected chi connectivity index (χ0v) is 15.8. The van der Waals surface area contributed by atoms with Gasteiger partial charge >= 0.3 is 6.18 Å². The number of alkyl halides is 3. The number of nitrogens with zero attached hydrogens (tertiary/aromatic N) is 2. The second kappa shape index (κ2) is 8.37. The van der Waals surface area contributed by atoms with Crippen LogP contribution in [0.15, 0.2) is 91.3 Å². The van der Waals surface area contributed by atoms with Crippen molar-refractivity contribution in [3.8, 4) is 28.3 Å². The molecule has 0 N–H and O–H groups in total. The minimum absolute atomic E-state index is 0.310. The average molecular weight is 406 g/mol. The van der Waals surface area contributed by atoms with Crippen LogP contribution in [0.3, 0.4) is 0 Å². The molecule has 2 aromatic heterocycles. The largest absolute Gasteiger partial charge is 0.472 e. The van der Waals surface area contributed by atoms with Crippen LogP contribution < -0.4 is 4.74 Å². The molecule has 2 heterocycles. The Hall–Kier alpha value is -3.67. The Kier molecular flexibility index (Phi) is 5.48. The highest BCUT2D eigenvalue weighted by molar-refractivity contribution is 5.65. The summed E-state index contributed by atoms with van der Waals surface area (Å²) in [5, 5.41) is 0. The van der Waals surface area contributed by atoms with E-state index in [0.717, 1.165) is 40.1 Å². The fourth-order valence-electron chi connectivity index (χ4n) is 3.02. The molecule has 2 aromatic carbocycles. The van der Waals surface area contributed by atoms with Gasteiger partial charge in [0.1, 0.15) is 6.61 Å². The molecular weight excluding hydrogens is 389 g/mol. The smallest absolute Gasteiger partial charge is 0.416 e. The molecule has 0 fully saturated rings. The number of aromatic nitrogens is 2. The third-order valence-corrected chi connectivity index (χ3v) is 4.59. The maximum Gasteiger partial charge on any atom is 0.416 e. The number of pyridine rings is 2. The SMILES string of the molecule is FC(F)(F)c1ccc(-c2ccc(COc3ncccc3-c3ccccn3)cc2)cc1. The van der Waals surface area contributed by atoms with Crippen LogP contribution in [0.25, 0.3) is 22.4 Å². The Balaban J connectivity index is 1.46. The van der Waals surface area contributed by atoms with Crippen molar-refractivity contribution in [2.75, 3.05) is 0 Å². The maximum absolute atomic E-state index is 12.7. The van der Waals surface area contributed by atoms with Gasteiger partial charge in [-0.3, -0.25) is 4.98 Å². The molecule has 4 aromatic rings. The van der Waals surface area contributed by atoms with Gasteiger partial charge in [0, 0.05) is 12.4 Å². The molecule has 0 radical (unpaired) electrons. The molecule has 30 heavy (non-hydrogen) atoms. The van der Waals surface area contributed by atoms with Crippen molar-refractivity contribution in [2.24, 2.45) is 0 Å². The van der Waals surface area contributed by atoms with Crippen LogP contribution in [0.5, 0.6) is 5.88 Å². The summed E-state index contributed by atoms with van der Waals surface area (Å²) in [4.78, 5) is 8.65. The molecule has 4 rings (SSSR count). The minimum Gasteiger partial charge on any atom is -0.472 e. The molecule has 0 aliphatic carbocycles. The first kappa shape index (κ1) is 19.6. The molecule has 3 nitrogen and oxygen atoms in total. The van der Waals surface area contributed by atoms with Gasteiger partial charge in [-0.15, -0.1) is 0 Å². The number of hydrogen-bond donors (Lipinski definition) is 0. The van der Waals surface area contributed by atoms with E-state index in [1.807, 2.05) is 54.6 Å². The lowest BCUT2D eigenvalue weighted by Gasteiger charge is -2.11. The van der Waals surface area contributed by atoms with E-state index in [4.69, 9.17) is 4.74 Å². The second-order valence-corrected chi connectivity index (χ2v) is 6.63. The van der Waals surface area contributed by atoms with Crippen molar-refractivity contribution in [1.29, 1.82) is 0 Å². The summed E-state index contributed by atoms with van der Waals surface area (Å²) in [6.45, 7) is 0.310. The van der Waals surface area contributed by atoms with Gasteiger partial charge in [0.15, 0.2) is 0 Å². The Morgan fingerprint density at radius 2 is 1.37 bits per heavy atom. The summed E-state index contributed by atoms with van der Waals surface area (Å²) in [5.74, 6) is 0.489. The third-order valence-electron chi connectivity index (χ3n) is 4.59. The Morgan fingerprint density at radius 1 is 0.700 bits per heavy atom. The zero-order chi connectivity index (χ0) is 21.0. The zero-order valence-electron chi connectivity index (χ0n) is 15.8. The van der Waals surface area contributed by atoms with Crippen molar-refractivity contribution in [3.05, 3.63) is 102 Å². The first-order valence-electron chi connectivity index (χ1n) is 9.26. The lowest BCUT2D eigenvalue weighted by molar-refractivity contribution is -0.137. The summed E-state index contributed by atoms with van der Waals surface area (Å²) in [6, 6.07) is 22.0. The fourth-order valence-corrected chi connectivity index (χ4v) is 3.02. The number of hydrogen-bond acceptors (Lipinski definition) is 3. The molecule has 0 unspecified atom stereocenters. The Labute approximate surface area is 171 Å². The van der Waals surface area contributed by atoms with Crippen molar-refractivity contribution in [2.45, 2.75) is 12.8 Å². The number of ether oxygens (including phenoxy) is 1. The summed E-state index contributed by atoms with van der Waals surface area (Å²) in [6.07, 6.45) is -0.957. The van der Waals surface area contributed by atoms with Crippen LogP contribution in [0, 0.1) is 0 Å². The molecule has 6 heteroatoms. The molecule has 0 amide bonds. The predicted octanol–water partition coefficient (Wildman–Crippen LogP) is 6.41. The third kappa shape index (κ3) is 4.49. The predicted molar refractivity (Wildman–Crippen MR) is 109 cm³/mol. The van der Waals surface area contributed by atoms with Crippen LogP contribution in [0.2, 0.25) is 0 Å². The topological polar surface area (TPSA) is 35.0 Å². The van der Waals surface area contributed by atoms with Gasteiger partial charge < -0.3 is 4.74 Å². The standard InChI is InChI=1S/C24H17F3N2O/c25-24(26,27)20-12-10-19(11-13-20)18-8-6-17(7-9-18)16-30-23-21(4-3-15-29-23)22-5-1-2-14-28-22/h1-15H,16H2. The lowest BCUT2D eigenvalue weighted by Crippen LogP contribution is -2.04. The van der Waals surface area contributed by atoms with Crippen molar-refractivity contribution in [1.82, 2.24) is 9.97 Å². The first-order valence-corrected chi connectivity index (χ1v) is 9.26. The molecule has 150 valence electrons. The Bertz CT molecular complexity index is 1110. The average Bonchev–Trinajstić information content (AvgIpc) is 2.78. The van der Waals surface area contributed by atoms with Crippen molar-refractivity contribution >= 4 is 0 Å². The summed E-state index contributed by atoms with van der Waals surface area (Å²) in [7, 11) is 0. The van der Waals surface area contributed by atoms with E-state index in [1.54, 1.807) is 12.4 Å². The van der Waals surface area contributed by atoms with Gasteiger partial charge in [-0.2, -0.15) is 13.2 Å². The Morgan fingerprint density at radius 3 is 2.00 bits per heavy atom. The van der Waals surface area contributed by atoms with E-state index in [1.165, 1.54) is 12.1 Å². The summed E-state index contributed by atoms with van der Waals surface area (Å²) >= 11 is 0. The van der Waals surface area contributed by atoms with Crippen LogP contribution >= 0.6 is 0 Å². The first-order chi connectivity index (χ1) is 14.5. The van der Waals surface area contributed by atoms with Crippen molar-refractivity contribution < 1.29 is 17.9 Å². The number of halogens is 3. The molecule has 0 spiro atoms. The van der Waals surface area contributed by atoms with E-state index in [0.29, 0.717) is 12.5 Å². The van der Waals surface area contributed by atoms with E-state index >= 15 is 0 Å².